The van der Waals surface area contributed by atoms with Crippen molar-refractivity contribution < 1.29 is 9.53 Å². The lowest BCUT2D eigenvalue weighted by Crippen LogP contribution is -2.41. The summed E-state index contributed by atoms with van der Waals surface area (Å²) >= 11 is 12.3. The number of amides is 1. The van der Waals surface area contributed by atoms with Gasteiger partial charge in [-0.2, -0.15) is 0 Å². The van der Waals surface area contributed by atoms with Gasteiger partial charge in [0.2, 0.25) is 5.91 Å². The summed E-state index contributed by atoms with van der Waals surface area (Å²) in [5.41, 5.74) is 3.10. The van der Waals surface area contributed by atoms with E-state index in [1.54, 1.807) is 6.07 Å². The van der Waals surface area contributed by atoms with Crippen LogP contribution in [0, 0.1) is 0 Å². The van der Waals surface area contributed by atoms with E-state index in [2.05, 4.69) is 20.2 Å². The number of ether oxygens (including phenoxy) is 1. The molecule has 1 saturated heterocycles. The summed E-state index contributed by atoms with van der Waals surface area (Å²) in [4.78, 5) is 22.0. The highest BCUT2D eigenvalue weighted by Crippen LogP contribution is 2.31. The van der Waals surface area contributed by atoms with Crippen LogP contribution in [-0.4, -0.2) is 53.6 Å². The van der Waals surface area contributed by atoms with E-state index in [0.29, 0.717) is 41.1 Å². The highest BCUT2D eigenvalue weighted by molar-refractivity contribution is 6.44. The first-order chi connectivity index (χ1) is 13.1. The lowest BCUT2D eigenvalue weighted by atomic mass is 10.2. The molecule has 27 heavy (non-hydrogen) atoms. The summed E-state index contributed by atoms with van der Waals surface area (Å²) < 4.78 is 5.29. The Kier molecular flexibility index (Phi) is 5.31. The van der Waals surface area contributed by atoms with Gasteiger partial charge in [0.15, 0.2) is 0 Å². The van der Waals surface area contributed by atoms with Gasteiger partial charge in [0.05, 0.1) is 35.3 Å². The van der Waals surface area contributed by atoms with Gasteiger partial charge in [0, 0.05) is 24.3 Å². The molecular formula is C19H18Cl2N4O2. The van der Waals surface area contributed by atoms with Gasteiger partial charge in [0.1, 0.15) is 11.3 Å². The lowest BCUT2D eigenvalue weighted by molar-refractivity contribution is -0.118. The minimum atomic E-state index is -0.0326. The highest BCUT2D eigenvalue weighted by Gasteiger charge is 2.14. The molecule has 2 N–H and O–H groups in total. The van der Waals surface area contributed by atoms with Crippen LogP contribution in [0.2, 0.25) is 10.0 Å². The Labute approximate surface area is 166 Å². The van der Waals surface area contributed by atoms with Crippen LogP contribution in [0.15, 0.2) is 36.4 Å². The van der Waals surface area contributed by atoms with Gasteiger partial charge in [0.25, 0.3) is 0 Å². The molecule has 0 bridgehead atoms. The normalized spacial score (nSPS) is 15.2. The third-order valence-electron chi connectivity index (χ3n) is 4.46. The number of H-pyrrole nitrogens is 1. The van der Waals surface area contributed by atoms with Crippen molar-refractivity contribution in [2.24, 2.45) is 0 Å². The van der Waals surface area contributed by atoms with Crippen LogP contribution in [0.1, 0.15) is 0 Å². The van der Waals surface area contributed by atoms with Crippen molar-refractivity contribution in [2.45, 2.75) is 0 Å². The molecule has 6 nitrogen and oxygen atoms in total. The van der Waals surface area contributed by atoms with Crippen molar-refractivity contribution in [2.75, 3.05) is 38.2 Å². The average molecular weight is 405 g/mol. The van der Waals surface area contributed by atoms with Crippen LogP contribution in [0.4, 0.5) is 5.69 Å². The number of benzene rings is 2. The Morgan fingerprint density at radius 3 is 2.63 bits per heavy atom. The molecule has 1 aliphatic heterocycles. The van der Waals surface area contributed by atoms with E-state index in [-0.39, 0.29) is 5.91 Å². The Morgan fingerprint density at radius 1 is 1.15 bits per heavy atom. The van der Waals surface area contributed by atoms with Gasteiger partial charge in [-0.3, -0.25) is 9.69 Å². The fourth-order valence-electron chi connectivity index (χ4n) is 3.03. The van der Waals surface area contributed by atoms with E-state index in [9.17, 15) is 4.79 Å². The fraction of sp³-hybridized carbons (Fsp3) is 0.263. The van der Waals surface area contributed by atoms with E-state index >= 15 is 0 Å². The minimum absolute atomic E-state index is 0.0326. The summed E-state index contributed by atoms with van der Waals surface area (Å²) in [6.07, 6.45) is 0. The second-order valence-electron chi connectivity index (χ2n) is 6.36. The third-order valence-corrected chi connectivity index (χ3v) is 5.25. The number of morpholine rings is 1. The zero-order valence-electron chi connectivity index (χ0n) is 14.5. The number of anilines is 1. The van der Waals surface area contributed by atoms with E-state index in [1.165, 1.54) is 0 Å². The molecule has 140 valence electrons. The Bertz CT molecular complexity index is 966. The van der Waals surface area contributed by atoms with Crippen LogP contribution < -0.4 is 5.32 Å². The maximum absolute atomic E-state index is 12.2. The van der Waals surface area contributed by atoms with Crippen LogP contribution in [0.3, 0.4) is 0 Å². The molecule has 1 aromatic heterocycles. The lowest BCUT2D eigenvalue weighted by Gasteiger charge is -2.25. The average Bonchev–Trinajstić information content (AvgIpc) is 3.11. The Hall–Kier alpha value is -2.12. The number of hydrogen-bond donors (Lipinski definition) is 2. The van der Waals surface area contributed by atoms with Crippen molar-refractivity contribution in [3.05, 3.63) is 46.4 Å². The van der Waals surface area contributed by atoms with Gasteiger partial charge in [-0.1, -0.05) is 23.2 Å². The molecule has 4 rings (SSSR count). The number of hydrogen-bond acceptors (Lipinski definition) is 4. The highest BCUT2D eigenvalue weighted by atomic mass is 35.5. The van der Waals surface area contributed by atoms with Gasteiger partial charge in [-0.05, 0) is 36.4 Å². The molecule has 2 aromatic carbocycles. The quantitative estimate of drug-likeness (QED) is 0.693. The molecule has 1 amide bonds. The SMILES string of the molecule is O=C(CN1CCOCC1)Nc1ccc(-c2nc3c(Cl)c(Cl)ccc3[nH]2)cc1. The van der Waals surface area contributed by atoms with Crippen molar-refractivity contribution in [1.82, 2.24) is 14.9 Å². The molecule has 0 aliphatic carbocycles. The standard InChI is InChI=1S/C19H18Cl2N4O2/c20-14-5-6-15-18(17(14)21)24-19(23-15)12-1-3-13(4-2-12)22-16(26)11-25-7-9-27-10-8-25/h1-6H,7-11H2,(H,22,26)(H,23,24). The summed E-state index contributed by atoms with van der Waals surface area (Å²) in [5.74, 6) is 0.662. The van der Waals surface area contributed by atoms with Crippen molar-refractivity contribution >= 4 is 45.8 Å². The predicted molar refractivity (Wildman–Crippen MR) is 107 cm³/mol. The first-order valence-electron chi connectivity index (χ1n) is 8.64. The molecule has 0 radical (unpaired) electrons. The zero-order valence-corrected chi connectivity index (χ0v) is 16.0. The molecule has 2 heterocycles. The van der Waals surface area contributed by atoms with E-state index in [1.807, 2.05) is 30.3 Å². The number of rotatable bonds is 4. The number of nitrogens with one attached hydrogen (secondary N) is 2. The molecule has 0 saturated carbocycles. The largest absolute Gasteiger partial charge is 0.379 e. The first kappa shape index (κ1) is 18.3. The van der Waals surface area contributed by atoms with E-state index < -0.39 is 0 Å². The monoisotopic (exact) mass is 404 g/mol. The summed E-state index contributed by atoms with van der Waals surface area (Å²) in [5, 5.41) is 3.83. The summed E-state index contributed by atoms with van der Waals surface area (Å²) in [7, 11) is 0. The van der Waals surface area contributed by atoms with Gasteiger partial charge in [-0.15, -0.1) is 0 Å². The minimum Gasteiger partial charge on any atom is -0.379 e. The van der Waals surface area contributed by atoms with E-state index in [0.717, 1.165) is 29.9 Å². The van der Waals surface area contributed by atoms with E-state index in [4.69, 9.17) is 27.9 Å². The number of imidazole rings is 1. The number of nitrogens with zero attached hydrogens (tertiary/aromatic N) is 2. The summed E-state index contributed by atoms with van der Waals surface area (Å²) in [6.45, 7) is 3.29. The zero-order chi connectivity index (χ0) is 18.8. The maximum Gasteiger partial charge on any atom is 0.238 e. The molecular weight excluding hydrogens is 387 g/mol. The number of aromatic amines is 1. The van der Waals surface area contributed by atoms with Gasteiger partial charge in [-0.25, -0.2) is 4.98 Å². The number of halogens is 2. The number of fused-ring (bicyclic) bond motifs is 1. The second-order valence-corrected chi connectivity index (χ2v) is 7.14. The van der Waals surface area contributed by atoms with Crippen LogP contribution in [0.5, 0.6) is 0 Å². The molecule has 0 spiro atoms. The van der Waals surface area contributed by atoms with Gasteiger partial charge >= 0.3 is 0 Å². The summed E-state index contributed by atoms with van der Waals surface area (Å²) in [6, 6.07) is 11.1. The van der Waals surface area contributed by atoms with Crippen LogP contribution in [-0.2, 0) is 9.53 Å². The molecule has 3 aromatic rings. The topological polar surface area (TPSA) is 70.2 Å². The van der Waals surface area contributed by atoms with Crippen molar-refractivity contribution in [3.63, 3.8) is 0 Å². The predicted octanol–water partition coefficient (Wildman–Crippen LogP) is 3.81. The third kappa shape index (κ3) is 4.09. The fourth-order valence-corrected chi connectivity index (χ4v) is 3.39. The Balaban J connectivity index is 1.45. The maximum atomic E-state index is 12.2. The molecule has 0 unspecified atom stereocenters. The van der Waals surface area contributed by atoms with Crippen molar-refractivity contribution in [3.8, 4) is 11.4 Å². The Morgan fingerprint density at radius 2 is 1.89 bits per heavy atom. The second kappa shape index (κ2) is 7.86. The molecule has 1 aliphatic rings. The van der Waals surface area contributed by atoms with Gasteiger partial charge < -0.3 is 15.0 Å². The smallest absolute Gasteiger partial charge is 0.238 e. The number of carbonyl (C=O) groups is 1. The number of carbonyl (C=O) groups excluding carboxylic acids is 1. The molecule has 8 heteroatoms. The number of aromatic nitrogens is 2. The molecule has 0 atom stereocenters. The first-order valence-corrected chi connectivity index (χ1v) is 9.40. The van der Waals surface area contributed by atoms with Crippen LogP contribution in [0.25, 0.3) is 22.4 Å². The molecule has 1 fully saturated rings. The van der Waals surface area contributed by atoms with Crippen molar-refractivity contribution in [1.29, 1.82) is 0 Å². The van der Waals surface area contributed by atoms with Crippen LogP contribution >= 0.6 is 23.2 Å².